The van der Waals surface area contributed by atoms with Crippen LogP contribution in [0, 0.1) is 5.82 Å². The number of benzene rings is 1. The van der Waals surface area contributed by atoms with Gasteiger partial charge in [0.05, 0.1) is 0 Å². The first kappa shape index (κ1) is 16.1. The molecule has 5 heteroatoms. The minimum atomic E-state index is -0.592. The van der Waals surface area contributed by atoms with Gasteiger partial charge in [0.2, 0.25) is 0 Å². The summed E-state index contributed by atoms with van der Waals surface area (Å²) in [6, 6.07) is 5.59. The van der Waals surface area contributed by atoms with Crippen LogP contribution in [0.4, 0.5) is 9.18 Å². The Balaban J connectivity index is 2.62. The van der Waals surface area contributed by atoms with E-state index in [1.165, 1.54) is 12.1 Å². The third-order valence-corrected chi connectivity index (χ3v) is 2.50. The predicted molar refractivity (Wildman–Crippen MR) is 73.9 cm³/mol. The molecule has 0 radical (unpaired) electrons. The molecule has 0 heterocycles. The lowest BCUT2D eigenvalue weighted by Gasteiger charge is -2.23. The topological polar surface area (TPSA) is 55.4 Å². The third-order valence-electron chi connectivity index (χ3n) is 2.50. The summed E-state index contributed by atoms with van der Waals surface area (Å²) in [5.74, 6) is -0.319. The molecule has 0 aromatic heterocycles. The van der Waals surface area contributed by atoms with E-state index in [-0.39, 0.29) is 18.3 Å². The Morgan fingerprint density at radius 2 is 1.95 bits per heavy atom. The summed E-state index contributed by atoms with van der Waals surface area (Å²) >= 11 is 0. The molecular weight excluding hydrogens is 261 g/mol. The molecule has 1 atom stereocenters. The van der Waals surface area contributed by atoms with Crippen LogP contribution in [0.5, 0.6) is 0 Å². The zero-order valence-corrected chi connectivity index (χ0v) is 12.0. The van der Waals surface area contributed by atoms with Gasteiger partial charge in [-0.25, -0.2) is 9.18 Å². The van der Waals surface area contributed by atoms with Crippen LogP contribution < -0.4 is 5.32 Å². The minimum Gasteiger partial charge on any atom is -0.444 e. The molecule has 0 fully saturated rings. The molecule has 1 amide bonds. The number of hydrogen-bond acceptors (Lipinski definition) is 3. The quantitative estimate of drug-likeness (QED) is 0.844. The van der Waals surface area contributed by atoms with Crippen molar-refractivity contribution >= 4 is 12.4 Å². The number of carbonyl (C=O) groups excluding carboxylic acids is 2. The number of carbonyl (C=O) groups is 2. The smallest absolute Gasteiger partial charge is 0.407 e. The van der Waals surface area contributed by atoms with Gasteiger partial charge in [0, 0.05) is 12.5 Å². The molecule has 0 bridgehead atoms. The second-order valence-electron chi connectivity index (χ2n) is 5.58. The van der Waals surface area contributed by atoms with Crippen LogP contribution >= 0.6 is 0 Å². The van der Waals surface area contributed by atoms with Crippen molar-refractivity contribution in [2.75, 3.05) is 0 Å². The number of nitrogens with one attached hydrogen (secondary N) is 1. The zero-order chi connectivity index (χ0) is 15.2. The number of amides is 1. The Bertz CT molecular complexity index is 451. The highest BCUT2D eigenvalue weighted by atomic mass is 19.1. The fourth-order valence-electron chi connectivity index (χ4n) is 1.69. The second-order valence-corrected chi connectivity index (χ2v) is 5.58. The van der Waals surface area contributed by atoms with Crippen LogP contribution in [-0.4, -0.2) is 24.0 Å². The van der Waals surface area contributed by atoms with E-state index in [1.54, 1.807) is 32.9 Å². The lowest BCUT2D eigenvalue weighted by Crippen LogP contribution is -2.40. The highest BCUT2D eigenvalue weighted by molar-refractivity contribution is 5.68. The minimum absolute atomic E-state index is 0.177. The molecule has 0 spiro atoms. The highest BCUT2D eigenvalue weighted by Gasteiger charge is 2.19. The molecule has 0 aliphatic rings. The van der Waals surface area contributed by atoms with Crippen LogP contribution in [0.1, 0.15) is 32.8 Å². The van der Waals surface area contributed by atoms with Crippen molar-refractivity contribution in [3.63, 3.8) is 0 Å². The summed E-state index contributed by atoms with van der Waals surface area (Å²) in [5.41, 5.74) is 0.250. The average Bonchev–Trinajstić information content (AvgIpc) is 2.30. The van der Waals surface area contributed by atoms with E-state index in [0.717, 1.165) is 11.8 Å². The molecule has 4 nitrogen and oxygen atoms in total. The molecule has 1 rings (SSSR count). The summed E-state index contributed by atoms with van der Waals surface area (Å²) < 4.78 is 18.0. The van der Waals surface area contributed by atoms with E-state index in [1.807, 2.05) is 0 Å². The fourth-order valence-corrected chi connectivity index (χ4v) is 1.69. The van der Waals surface area contributed by atoms with Crippen molar-refractivity contribution in [2.24, 2.45) is 0 Å². The second kappa shape index (κ2) is 7.03. The van der Waals surface area contributed by atoms with Gasteiger partial charge < -0.3 is 14.8 Å². The third kappa shape index (κ3) is 6.31. The monoisotopic (exact) mass is 281 g/mol. The Labute approximate surface area is 118 Å². The first-order valence-corrected chi connectivity index (χ1v) is 6.48. The van der Waals surface area contributed by atoms with Gasteiger partial charge in [-0.3, -0.25) is 0 Å². The summed E-state index contributed by atoms with van der Waals surface area (Å²) in [6.07, 6.45) is 0.798. The number of hydrogen-bond donors (Lipinski definition) is 1. The standard InChI is InChI=1S/C15H20FNO3/c1-15(2,3)20-14(19)17-13(8-9-18)10-11-4-6-12(16)7-5-11/h4-7,9,13H,8,10H2,1-3H3,(H,17,19)/t13-/m1/s1. The number of alkyl carbamates (subject to hydrolysis) is 1. The lowest BCUT2D eigenvalue weighted by molar-refractivity contribution is -0.108. The van der Waals surface area contributed by atoms with Gasteiger partial charge in [-0.15, -0.1) is 0 Å². The van der Waals surface area contributed by atoms with Gasteiger partial charge >= 0.3 is 6.09 Å². The van der Waals surface area contributed by atoms with Gasteiger partial charge in [0.1, 0.15) is 17.7 Å². The Morgan fingerprint density at radius 3 is 2.45 bits per heavy atom. The van der Waals surface area contributed by atoms with Crippen molar-refractivity contribution < 1.29 is 18.7 Å². The number of rotatable bonds is 5. The average molecular weight is 281 g/mol. The lowest BCUT2D eigenvalue weighted by atomic mass is 10.0. The normalized spacial score (nSPS) is 12.6. The number of ether oxygens (including phenoxy) is 1. The van der Waals surface area contributed by atoms with Crippen LogP contribution in [0.3, 0.4) is 0 Å². The molecular formula is C15H20FNO3. The van der Waals surface area contributed by atoms with Gasteiger partial charge in [0.25, 0.3) is 0 Å². The predicted octanol–water partition coefficient (Wildman–Crippen LogP) is 2.85. The van der Waals surface area contributed by atoms with E-state index in [9.17, 15) is 14.0 Å². The summed E-state index contributed by atoms with van der Waals surface area (Å²) in [6.45, 7) is 5.30. The molecule has 0 saturated carbocycles. The Kier molecular flexibility index (Phi) is 5.67. The summed E-state index contributed by atoms with van der Waals surface area (Å²) in [7, 11) is 0. The van der Waals surface area contributed by atoms with Crippen molar-refractivity contribution in [3.05, 3.63) is 35.6 Å². The molecule has 0 aliphatic heterocycles. The van der Waals surface area contributed by atoms with Gasteiger partial charge in [-0.05, 0) is 44.9 Å². The molecule has 1 aromatic carbocycles. The first-order valence-electron chi connectivity index (χ1n) is 6.48. The highest BCUT2D eigenvalue weighted by Crippen LogP contribution is 2.10. The maximum atomic E-state index is 12.8. The van der Waals surface area contributed by atoms with Crippen molar-refractivity contribution in [2.45, 2.75) is 45.3 Å². The molecule has 0 aliphatic carbocycles. The van der Waals surface area contributed by atoms with E-state index in [2.05, 4.69) is 5.32 Å². The maximum absolute atomic E-state index is 12.8. The molecule has 0 saturated heterocycles. The van der Waals surface area contributed by atoms with Crippen LogP contribution in [0.25, 0.3) is 0 Å². The summed E-state index contributed by atoms with van der Waals surface area (Å²) in [5, 5.41) is 2.65. The molecule has 0 unspecified atom stereocenters. The first-order chi connectivity index (χ1) is 9.30. The summed E-state index contributed by atoms with van der Waals surface area (Å²) in [4.78, 5) is 22.4. The fraction of sp³-hybridized carbons (Fsp3) is 0.467. The molecule has 20 heavy (non-hydrogen) atoms. The van der Waals surface area contributed by atoms with Crippen LogP contribution in [0.2, 0.25) is 0 Å². The van der Waals surface area contributed by atoms with E-state index in [0.29, 0.717) is 6.42 Å². The van der Waals surface area contributed by atoms with Crippen LogP contribution in [-0.2, 0) is 16.0 Å². The number of halogens is 1. The van der Waals surface area contributed by atoms with Gasteiger partial charge in [-0.2, -0.15) is 0 Å². The van der Waals surface area contributed by atoms with E-state index in [4.69, 9.17) is 4.74 Å². The SMILES string of the molecule is CC(C)(C)OC(=O)N[C@H](CC=O)Cc1ccc(F)cc1. The molecule has 110 valence electrons. The van der Waals surface area contributed by atoms with Gasteiger partial charge in [0.15, 0.2) is 0 Å². The molecule has 1 N–H and O–H groups in total. The van der Waals surface area contributed by atoms with E-state index < -0.39 is 11.7 Å². The van der Waals surface area contributed by atoms with Crippen LogP contribution in [0.15, 0.2) is 24.3 Å². The van der Waals surface area contributed by atoms with Crippen molar-refractivity contribution in [1.82, 2.24) is 5.32 Å². The Hall–Kier alpha value is -1.91. The largest absolute Gasteiger partial charge is 0.444 e. The van der Waals surface area contributed by atoms with E-state index >= 15 is 0 Å². The van der Waals surface area contributed by atoms with Crippen molar-refractivity contribution in [3.8, 4) is 0 Å². The number of aldehydes is 1. The zero-order valence-electron chi connectivity index (χ0n) is 12.0. The van der Waals surface area contributed by atoms with Gasteiger partial charge in [-0.1, -0.05) is 12.1 Å². The maximum Gasteiger partial charge on any atom is 0.407 e. The van der Waals surface area contributed by atoms with Crippen molar-refractivity contribution in [1.29, 1.82) is 0 Å². The molecule has 1 aromatic rings. The Morgan fingerprint density at radius 1 is 1.35 bits per heavy atom.